The molecule has 5 heteroatoms. The Kier molecular flexibility index (Phi) is 2.26. The molecule has 0 radical (unpaired) electrons. The molecule has 4 N–H and O–H groups in total. The molecule has 0 aliphatic heterocycles. The van der Waals surface area contributed by atoms with Gasteiger partial charge in [-0.1, -0.05) is 12.2 Å². The monoisotopic (exact) mass is 210 g/mol. The van der Waals surface area contributed by atoms with E-state index in [0.29, 0.717) is 6.42 Å². The normalized spacial score (nSPS) is 36.9. The zero-order valence-corrected chi connectivity index (χ0v) is 8.27. The molecule has 0 unspecified atom stereocenters. The number of allylic oxidation sites excluding steroid dienone is 1. The lowest BCUT2D eigenvalue weighted by Crippen LogP contribution is -2.58. The van der Waals surface area contributed by atoms with Gasteiger partial charge in [-0.15, -0.1) is 0 Å². The van der Waals surface area contributed by atoms with Crippen LogP contribution in [0, 0.1) is 11.8 Å². The number of fused-ring (bicyclic) bond motifs is 2. The van der Waals surface area contributed by atoms with Crippen LogP contribution in [-0.4, -0.2) is 29.1 Å². The van der Waals surface area contributed by atoms with E-state index in [9.17, 15) is 14.7 Å². The molecule has 0 spiro atoms. The maximum atomic E-state index is 11.3. The van der Waals surface area contributed by atoms with Gasteiger partial charge in [0.1, 0.15) is 5.54 Å². The Hall–Kier alpha value is -1.36. The van der Waals surface area contributed by atoms with Crippen molar-refractivity contribution in [2.24, 2.45) is 17.6 Å². The van der Waals surface area contributed by atoms with Crippen LogP contribution in [0.4, 0.5) is 0 Å². The van der Waals surface area contributed by atoms with Gasteiger partial charge in [-0.25, -0.2) is 4.79 Å². The van der Waals surface area contributed by atoms with E-state index in [1.165, 1.54) is 0 Å². The van der Waals surface area contributed by atoms with Gasteiger partial charge in [-0.05, 0) is 18.8 Å². The van der Waals surface area contributed by atoms with Gasteiger partial charge in [-0.3, -0.25) is 4.79 Å². The number of carbonyl (C=O) groups is 2. The molecule has 0 aromatic carbocycles. The first-order valence-electron chi connectivity index (χ1n) is 5.01. The van der Waals surface area contributed by atoms with Crippen LogP contribution in [-0.2, 0) is 9.59 Å². The number of amides is 1. The summed E-state index contributed by atoms with van der Waals surface area (Å²) in [7, 11) is 0. The van der Waals surface area contributed by atoms with Gasteiger partial charge in [0.05, 0.1) is 6.54 Å². The molecule has 2 aliphatic carbocycles. The summed E-state index contributed by atoms with van der Waals surface area (Å²) in [6, 6.07) is 0. The second kappa shape index (κ2) is 3.34. The highest BCUT2D eigenvalue weighted by molar-refractivity contribution is 5.89. The second-order valence-corrected chi connectivity index (χ2v) is 4.22. The zero-order chi connectivity index (χ0) is 11.1. The molecule has 1 amide bonds. The number of hydrogen-bond donors (Lipinski definition) is 3. The van der Waals surface area contributed by atoms with Gasteiger partial charge >= 0.3 is 5.97 Å². The smallest absolute Gasteiger partial charge is 0.330 e. The first-order valence-corrected chi connectivity index (χ1v) is 5.01. The Bertz CT molecular complexity index is 340. The lowest BCUT2D eigenvalue weighted by atomic mass is 9.84. The molecule has 1 saturated carbocycles. The van der Waals surface area contributed by atoms with Crippen LogP contribution in [0.3, 0.4) is 0 Å². The minimum atomic E-state index is -1.12. The van der Waals surface area contributed by atoms with Gasteiger partial charge in [-0.2, -0.15) is 0 Å². The van der Waals surface area contributed by atoms with E-state index < -0.39 is 17.4 Å². The zero-order valence-electron chi connectivity index (χ0n) is 8.27. The Labute approximate surface area is 87.3 Å². The van der Waals surface area contributed by atoms with E-state index in [1.807, 2.05) is 12.2 Å². The van der Waals surface area contributed by atoms with Gasteiger partial charge in [0.15, 0.2) is 0 Å². The molecular weight excluding hydrogens is 196 g/mol. The SMILES string of the molecule is NCC(=O)N[C@@]1(C(=O)O)C[C@H]2C=C[C@@H]1C2. The van der Waals surface area contributed by atoms with Crippen molar-refractivity contribution in [3.8, 4) is 0 Å². The van der Waals surface area contributed by atoms with Crippen LogP contribution >= 0.6 is 0 Å². The number of nitrogens with one attached hydrogen (secondary N) is 1. The highest BCUT2D eigenvalue weighted by atomic mass is 16.4. The van der Waals surface area contributed by atoms with E-state index in [2.05, 4.69) is 5.32 Å². The van der Waals surface area contributed by atoms with Gasteiger partial charge in [0, 0.05) is 5.92 Å². The van der Waals surface area contributed by atoms with Crippen molar-refractivity contribution in [3.05, 3.63) is 12.2 Å². The lowest BCUT2D eigenvalue weighted by molar-refractivity contribution is -0.148. The van der Waals surface area contributed by atoms with Crippen LogP contribution < -0.4 is 11.1 Å². The van der Waals surface area contributed by atoms with Crippen molar-refractivity contribution in [1.29, 1.82) is 0 Å². The molecule has 2 bridgehead atoms. The highest BCUT2D eigenvalue weighted by Gasteiger charge is 2.54. The topological polar surface area (TPSA) is 92.4 Å². The second-order valence-electron chi connectivity index (χ2n) is 4.22. The third-order valence-corrected chi connectivity index (χ3v) is 3.32. The summed E-state index contributed by atoms with van der Waals surface area (Å²) in [6.07, 6.45) is 5.21. The number of aliphatic carboxylic acids is 1. The average molecular weight is 210 g/mol. The summed E-state index contributed by atoms with van der Waals surface area (Å²) in [5, 5.41) is 11.8. The predicted molar refractivity (Wildman–Crippen MR) is 52.9 cm³/mol. The van der Waals surface area contributed by atoms with Crippen molar-refractivity contribution in [2.45, 2.75) is 18.4 Å². The fourth-order valence-corrected chi connectivity index (χ4v) is 2.60. The molecule has 15 heavy (non-hydrogen) atoms. The Morgan fingerprint density at radius 3 is 2.67 bits per heavy atom. The quantitative estimate of drug-likeness (QED) is 0.546. The Morgan fingerprint density at radius 1 is 1.53 bits per heavy atom. The van der Waals surface area contributed by atoms with E-state index in [4.69, 9.17) is 5.73 Å². The summed E-state index contributed by atoms with van der Waals surface area (Å²) in [6.45, 7) is -0.171. The molecule has 0 aromatic rings. The average Bonchev–Trinajstić information content (AvgIpc) is 2.77. The maximum Gasteiger partial charge on any atom is 0.330 e. The van der Waals surface area contributed by atoms with Crippen LogP contribution in [0.25, 0.3) is 0 Å². The summed E-state index contributed by atoms with van der Waals surface area (Å²) >= 11 is 0. The highest BCUT2D eigenvalue weighted by Crippen LogP contribution is 2.46. The lowest BCUT2D eigenvalue weighted by Gasteiger charge is -2.31. The molecule has 5 nitrogen and oxygen atoms in total. The fraction of sp³-hybridized carbons (Fsp3) is 0.600. The molecule has 0 aromatic heterocycles. The van der Waals surface area contributed by atoms with Gasteiger partial charge < -0.3 is 16.2 Å². The molecule has 2 aliphatic rings. The summed E-state index contributed by atoms with van der Waals surface area (Å²) < 4.78 is 0. The Morgan fingerprint density at radius 2 is 2.27 bits per heavy atom. The predicted octanol–water partition coefficient (Wildman–Crippen LogP) is -0.519. The number of carboxylic acids is 1. The van der Waals surface area contributed by atoms with Crippen molar-refractivity contribution < 1.29 is 14.7 Å². The van der Waals surface area contributed by atoms with Crippen molar-refractivity contribution >= 4 is 11.9 Å². The maximum absolute atomic E-state index is 11.3. The molecule has 0 saturated heterocycles. The van der Waals surface area contributed by atoms with Crippen LogP contribution in [0.2, 0.25) is 0 Å². The standard InChI is InChI=1S/C10H14N2O3/c11-5-8(13)12-10(9(14)15)4-6-1-2-7(10)3-6/h1-2,6-7H,3-5,11H2,(H,12,13)(H,14,15)/t6-,7+,10-/m0/s1. The third kappa shape index (κ3) is 1.43. The molecule has 2 rings (SSSR count). The first-order chi connectivity index (χ1) is 7.08. The number of carbonyl (C=O) groups excluding carboxylic acids is 1. The van der Waals surface area contributed by atoms with Crippen LogP contribution in [0.15, 0.2) is 12.2 Å². The summed E-state index contributed by atoms with van der Waals surface area (Å²) in [4.78, 5) is 22.5. The van der Waals surface area contributed by atoms with Crippen LogP contribution in [0.5, 0.6) is 0 Å². The van der Waals surface area contributed by atoms with E-state index in [0.717, 1.165) is 6.42 Å². The largest absolute Gasteiger partial charge is 0.479 e. The van der Waals surface area contributed by atoms with Gasteiger partial charge in [0.25, 0.3) is 0 Å². The Balaban J connectivity index is 2.23. The number of rotatable bonds is 3. The minimum Gasteiger partial charge on any atom is -0.479 e. The van der Waals surface area contributed by atoms with E-state index >= 15 is 0 Å². The number of hydrogen-bond acceptors (Lipinski definition) is 3. The summed E-state index contributed by atoms with van der Waals surface area (Å²) in [5.74, 6) is -1.17. The first kappa shape index (κ1) is 10.2. The molecular formula is C10H14N2O3. The molecule has 0 heterocycles. The van der Waals surface area contributed by atoms with Crippen molar-refractivity contribution in [2.75, 3.05) is 6.54 Å². The number of nitrogens with two attached hydrogens (primary N) is 1. The number of carboxylic acid groups (broad SMARTS) is 1. The fourth-order valence-electron chi connectivity index (χ4n) is 2.60. The molecule has 3 atom stereocenters. The molecule has 82 valence electrons. The van der Waals surface area contributed by atoms with E-state index in [-0.39, 0.29) is 18.4 Å². The van der Waals surface area contributed by atoms with Crippen molar-refractivity contribution in [3.63, 3.8) is 0 Å². The van der Waals surface area contributed by atoms with Crippen molar-refractivity contribution in [1.82, 2.24) is 5.32 Å². The van der Waals surface area contributed by atoms with E-state index in [1.54, 1.807) is 0 Å². The minimum absolute atomic E-state index is 0.0875. The van der Waals surface area contributed by atoms with Crippen LogP contribution in [0.1, 0.15) is 12.8 Å². The summed E-state index contributed by atoms with van der Waals surface area (Å²) in [5.41, 5.74) is 4.07. The molecule has 1 fully saturated rings. The third-order valence-electron chi connectivity index (χ3n) is 3.32. The van der Waals surface area contributed by atoms with Gasteiger partial charge in [0.2, 0.25) is 5.91 Å².